The first-order valence-corrected chi connectivity index (χ1v) is 20.1. The van der Waals surface area contributed by atoms with Crippen molar-refractivity contribution in [3.05, 3.63) is 40.9 Å². The summed E-state index contributed by atoms with van der Waals surface area (Å²) in [5.74, 6) is 0.215. The molecular weight excluding hydrogens is 573 g/mol. The Balaban J connectivity index is 1.22. The van der Waals surface area contributed by atoms with Crippen LogP contribution in [0, 0.1) is 12.8 Å². The van der Waals surface area contributed by atoms with Gasteiger partial charge in [-0.3, -0.25) is 9.48 Å². The third kappa shape index (κ3) is 6.34. The summed E-state index contributed by atoms with van der Waals surface area (Å²) in [5.41, 5.74) is 1.51. The number of carbonyl (C=O) groups excluding carboxylic acids is 1. The van der Waals surface area contributed by atoms with Crippen molar-refractivity contribution < 1.29 is 18.0 Å². The highest BCUT2D eigenvalue weighted by atomic mass is 32.2. The fraction of sp³-hybridized carbons (Fsp3) is 0.600. The number of anilines is 1. The van der Waals surface area contributed by atoms with Crippen LogP contribution < -0.4 is 5.32 Å². The van der Waals surface area contributed by atoms with E-state index in [9.17, 15) is 18.0 Å². The molecule has 1 aliphatic heterocycles. The Morgan fingerprint density at radius 1 is 1.10 bits per heavy atom. The highest BCUT2D eigenvalue weighted by molar-refractivity contribution is 7.89. The summed E-state index contributed by atoms with van der Waals surface area (Å²) >= 11 is 1.47. The van der Waals surface area contributed by atoms with Crippen molar-refractivity contribution in [3.8, 4) is 0 Å². The molecule has 2 fully saturated rings. The molecule has 0 unspecified atom stereocenters. The van der Waals surface area contributed by atoms with E-state index in [1.807, 2.05) is 26.1 Å². The minimum atomic E-state index is -3.61. The van der Waals surface area contributed by atoms with Gasteiger partial charge in [-0.05, 0) is 93.4 Å². The molecule has 0 atom stereocenters. The Labute approximate surface area is 249 Å². The normalized spacial score (nSPS) is 18.7. The van der Waals surface area contributed by atoms with Crippen LogP contribution in [-0.4, -0.2) is 54.6 Å². The van der Waals surface area contributed by atoms with E-state index >= 15 is 0 Å². The molecule has 8 nitrogen and oxygen atoms in total. The number of aromatic nitrogens is 2. The van der Waals surface area contributed by atoms with Crippen LogP contribution in [0.4, 0.5) is 5.69 Å². The summed E-state index contributed by atoms with van der Waals surface area (Å²) in [4.78, 5) is 25.7. The lowest BCUT2D eigenvalue weighted by atomic mass is 9.89. The van der Waals surface area contributed by atoms with Gasteiger partial charge in [-0.1, -0.05) is 33.1 Å². The first-order chi connectivity index (χ1) is 19.3. The Morgan fingerprint density at radius 2 is 1.73 bits per heavy atom. The third-order valence-corrected chi connectivity index (χ3v) is 16.0. The molecular formula is C30H44N4O4S2Si. The van der Waals surface area contributed by atoms with Crippen LogP contribution in [0.3, 0.4) is 0 Å². The van der Waals surface area contributed by atoms with Crippen LogP contribution in [0.1, 0.15) is 86.6 Å². The summed E-state index contributed by atoms with van der Waals surface area (Å²) in [7, 11) is -5.91. The zero-order valence-electron chi connectivity index (χ0n) is 24.9. The molecule has 0 bridgehead atoms. The molecule has 1 aliphatic carbocycles. The van der Waals surface area contributed by atoms with Crippen LogP contribution in [0.2, 0.25) is 18.1 Å². The predicted molar refractivity (Wildman–Crippen MR) is 169 cm³/mol. The Morgan fingerprint density at radius 3 is 2.34 bits per heavy atom. The van der Waals surface area contributed by atoms with Gasteiger partial charge < -0.3 is 10.1 Å². The van der Waals surface area contributed by atoms with Gasteiger partial charge >= 0.3 is 0 Å². The zero-order chi connectivity index (χ0) is 29.6. The molecule has 11 heteroatoms. The molecule has 1 aromatic carbocycles. The minimum Gasteiger partial charge on any atom is -0.432 e. The van der Waals surface area contributed by atoms with Crippen LogP contribution in [0.25, 0.3) is 10.2 Å². The standard InChI is InChI=1S/C30H44N4O4S2Si/c1-21-26-19-27(39-29(26)34(32-21)24-9-7-6-8-10-24)28(35)31-23-11-13-25(14-12-23)40(36,37)33-17-15-22(16-18-33)20-30(2,3)41(4,5)38/h11-14,19,22,24,38H,6-10,15-18,20H2,1-5H3,(H,31,35). The number of hydrogen-bond acceptors (Lipinski definition) is 6. The van der Waals surface area contributed by atoms with Gasteiger partial charge in [0.2, 0.25) is 10.0 Å². The second kappa shape index (κ2) is 11.6. The van der Waals surface area contributed by atoms with Crippen LogP contribution in [0.15, 0.2) is 35.2 Å². The molecule has 1 saturated carbocycles. The fourth-order valence-electron chi connectivity index (χ4n) is 6.13. The average Bonchev–Trinajstić information content (AvgIpc) is 3.50. The van der Waals surface area contributed by atoms with Gasteiger partial charge in [0.05, 0.1) is 21.5 Å². The van der Waals surface area contributed by atoms with Gasteiger partial charge in [-0.2, -0.15) is 9.40 Å². The van der Waals surface area contributed by atoms with Crippen LogP contribution in [0.5, 0.6) is 0 Å². The molecule has 5 rings (SSSR count). The van der Waals surface area contributed by atoms with Gasteiger partial charge in [0.15, 0.2) is 8.32 Å². The smallest absolute Gasteiger partial charge is 0.265 e. The fourth-order valence-corrected chi connectivity index (χ4v) is 9.52. The van der Waals surface area contributed by atoms with Crippen molar-refractivity contribution in [2.24, 2.45) is 5.92 Å². The summed E-state index contributed by atoms with van der Waals surface area (Å²) in [5, 5.41) is 8.65. The summed E-state index contributed by atoms with van der Waals surface area (Å²) < 4.78 is 30.4. The van der Waals surface area contributed by atoms with Crippen molar-refractivity contribution >= 4 is 51.5 Å². The Kier molecular flexibility index (Phi) is 8.57. The second-order valence-corrected chi connectivity index (χ2v) is 20.6. The number of carbonyl (C=O) groups is 1. The topological polar surface area (TPSA) is 105 Å². The number of hydrogen-bond donors (Lipinski definition) is 2. The number of benzene rings is 1. The maximum absolute atomic E-state index is 13.4. The quantitative estimate of drug-likeness (QED) is 0.267. The number of sulfonamides is 1. The second-order valence-electron chi connectivity index (χ2n) is 13.1. The van der Waals surface area contributed by atoms with Crippen LogP contribution in [-0.2, 0) is 10.0 Å². The molecule has 3 aromatic rings. The van der Waals surface area contributed by atoms with Crippen molar-refractivity contribution in [1.29, 1.82) is 0 Å². The molecule has 1 amide bonds. The number of nitrogens with zero attached hydrogens (tertiary/aromatic N) is 3. The molecule has 41 heavy (non-hydrogen) atoms. The number of aryl methyl sites for hydroxylation is 1. The summed E-state index contributed by atoms with van der Waals surface area (Å²) in [6.45, 7) is 11.2. The lowest BCUT2D eigenvalue weighted by Crippen LogP contribution is -2.43. The molecule has 2 aromatic heterocycles. The lowest BCUT2D eigenvalue weighted by molar-refractivity contribution is 0.103. The molecule has 2 aliphatic rings. The Bertz CT molecular complexity index is 1490. The lowest BCUT2D eigenvalue weighted by Gasteiger charge is -2.40. The van der Waals surface area contributed by atoms with Gasteiger partial charge in [0.25, 0.3) is 5.91 Å². The maximum atomic E-state index is 13.4. The number of thiophene rings is 1. The Hall–Kier alpha value is -2.05. The van der Waals surface area contributed by atoms with Gasteiger partial charge in [0, 0.05) is 24.2 Å². The zero-order valence-corrected chi connectivity index (χ0v) is 27.6. The average molecular weight is 617 g/mol. The molecule has 0 radical (unpaired) electrons. The molecule has 0 spiro atoms. The van der Waals surface area contributed by atoms with E-state index in [4.69, 9.17) is 5.10 Å². The van der Waals surface area contributed by atoms with Gasteiger partial charge in [0.1, 0.15) is 4.83 Å². The summed E-state index contributed by atoms with van der Waals surface area (Å²) in [6.07, 6.45) is 8.49. The first-order valence-electron chi connectivity index (χ1n) is 14.9. The number of fused-ring (bicyclic) bond motifs is 1. The summed E-state index contributed by atoms with van der Waals surface area (Å²) in [6, 6.07) is 8.80. The van der Waals surface area contributed by atoms with Gasteiger partial charge in [-0.15, -0.1) is 11.3 Å². The van der Waals surface area contributed by atoms with Gasteiger partial charge in [-0.25, -0.2) is 8.42 Å². The highest BCUT2D eigenvalue weighted by Gasteiger charge is 2.41. The molecule has 224 valence electrons. The van der Waals surface area contributed by atoms with E-state index in [-0.39, 0.29) is 15.8 Å². The van der Waals surface area contributed by atoms with E-state index in [2.05, 4.69) is 23.8 Å². The number of piperidine rings is 1. The highest BCUT2D eigenvalue weighted by Crippen LogP contribution is 2.44. The van der Waals surface area contributed by atoms with Crippen molar-refractivity contribution in [3.63, 3.8) is 0 Å². The number of amides is 1. The largest absolute Gasteiger partial charge is 0.432 e. The molecule has 1 saturated heterocycles. The third-order valence-electron chi connectivity index (χ3n) is 9.49. The van der Waals surface area contributed by atoms with Crippen LogP contribution >= 0.6 is 11.3 Å². The maximum Gasteiger partial charge on any atom is 0.265 e. The van der Waals surface area contributed by atoms with E-state index in [1.165, 1.54) is 30.6 Å². The number of nitrogens with one attached hydrogen (secondary N) is 1. The SMILES string of the molecule is Cc1nn(C2CCCCC2)c2sc(C(=O)Nc3ccc(S(=O)(=O)N4CCC(CC(C)(C)[Si](C)(C)O)CC4)cc3)cc12. The van der Waals surface area contributed by atoms with Crippen molar-refractivity contribution in [2.75, 3.05) is 18.4 Å². The monoisotopic (exact) mass is 616 g/mol. The van der Waals surface area contributed by atoms with Crippen molar-refractivity contribution in [1.82, 2.24) is 14.1 Å². The van der Waals surface area contributed by atoms with E-state index in [1.54, 1.807) is 28.6 Å². The van der Waals surface area contributed by atoms with Crippen molar-refractivity contribution in [2.45, 2.75) is 101 Å². The van der Waals surface area contributed by atoms with E-state index < -0.39 is 18.3 Å². The first kappa shape index (κ1) is 30.4. The molecule has 2 N–H and O–H groups in total. The van der Waals surface area contributed by atoms with E-state index in [0.717, 1.165) is 48.0 Å². The molecule has 3 heterocycles. The number of rotatable bonds is 8. The van der Waals surface area contributed by atoms with E-state index in [0.29, 0.717) is 35.6 Å². The predicted octanol–water partition coefficient (Wildman–Crippen LogP) is 6.93. The minimum absolute atomic E-state index is 0.108.